The molecule has 5 aromatic carbocycles. The summed E-state index contributed by atoms with van der Waals surface area (Å²) in [6, 6.07) is 35.5. The zero-order valence-electron chi connectivity index (χ0n) is 24.6. The molecule has 0 radical (unpaired) electrons. The lowest BCUT2D eigenvalue weighted by Gasteiger charge is -2.37. The summed E-state index contributed by atoms with van der Waals surface area (Å²) in [6.07, 6.45) is 8.05. The number of hydrogen-bond acceptors (Lipinski definition) is 2. The fraction of sp³-hybridized carbons (Fsp3) is 0.300. The summed E-state index contributed by atoms with van der Waals surface area (Å²) in [5.74, 6) is 4.19. The number of aromatic nitrogens is 3. The smallest absolute Gasteiger partial charge is 0.235 e. The van der Waals surface area contributed by atoms with Crippen LogP contribution in [0.3, 0.4) is 0 Å². The molecule has 7 aromatic rings. The van der Waals surface area contributed by atoms with Crippen LogP contribution in [0, 0.1) is 23.7 Å². The number of fused-ring (bicyclic) bond motifs is 10. The van der Waals surface area contributed by atoms with E-state index in [-0.39, 0.29) is 5.41 Å². The molecule has 43 heavy (non-hydrogen) atoms. The molecule has 4 aliphatic carbocycles. The average molecular weight is 558 g/mol. The van der Waals surface area contributed by atoms with Gasteiger partial charge in [0.1, 0.15) is 0 Å². The SMILES string of the molecule is C[C@H]1CC2CC3CC(c4nc(-n5c6ccccc6c6c7ccccc7ccc65)nc5c4ccc4ccccc45)(C1)C[C@@H]3C2. The fourth-order valence-corrected chi connectivity index (χ4v) is 10.2. The lowest BCUT2D eigenvalue weighted by molar-refractivity contribution is 0.226. The van der Waals surface area contributed by atoms with Crippen molar-refractivity contribution in [1.82, 2.24) is 14.5 Å². The van der Waals surface area contributed by atoms with E-state index in [9.17, 15) is 0 Å². The maximum absolute atomic E-state index is 5.73. The molecule has 3 heteroatoms. The van der Waals surface area contributed by atoms with E-state index in [4.69, 9.17) is 9.97 Å². The normalized spacial score (nSPS) is 26.7. The lowest BCUT2D eigenvalue weighted by Crippen LogP contribution is -2.31. The van der Waals surface area contributed by atoms with Crippen molar-refractivity contribution >= 4 is 54.3 Å². The highest BCUT2D eigenvalue weighted by atomic mass is 15.2. The molecule has 0 spiro atoms. The number of para-hydroxylation sites is 1. The van der Waals surface area contributed by atoms with Crippen LogP contribution in [0.15, 0.2) is 97.1 Å². The predicted octanol–water partition coefficient (Wildman–Crippen LogP) is 10.1. The van der Waals surface area contributed by atoms with Crippen LogP contribution in [0.5, 0.6) is 0 Å². The Hall–Kier alpha value is -4.24. The molecule has 4 bridgehead atoms. The Labute approximate surface area is 251 Å². The summed E-state index contributed by atoms with van der Waals surface area (Å²) >= 11 is 0. The Balaban J connectivity index is 1.33. The van der Waals surface area contributed by atoms with Gasteiger partial charge < -0.3 is 0 Å². The van der Waals surface area contributed by atoms with E-state index in [1.54, 1.807) is 0 Å². The Morgan fingerprint density at radius 3 is 2.09 bits per heavy atom. The molecule has 4 fully saturated rings. The molecule has 0 amide bonds. The van der Waals surface area contributed by atoms with E-state index in [0.29, 0.717) is 0 Å². The molecular weight excluding hydrogens is 522 g/mol. The van der Waals surface area contributed by atoms with Crippen molar-refractivity contribution in [1.29, 1.82) is 0 Å². The third-order valence-corrected chi connectivity index (χ3v) is 11.6. The summed E-state index contributed by atoms with van der Waals surface area (Å²) in [5, 5.41) is 8.83. The first-order valence-corrected chi connectivity index (χ1v) is 16.3. The van der Waals surface area contributed by atoms with Crippen molar-refractivity contribution in [2.75, 3.05) is 0 Å². The van der Waals surface area contributed by atoms with Gasteiger partial charge in [-0.05, 0) is 90.5 Å². The molecule has 3 nitrogen and oxygen atoms in total. The van der Waals surface area contributed by atoms with Gasteiger partial charge >= 0.3 is 0 Å². The Morgan fingerprint density at radius 2 is 1.28 bits per heavy atom. The van der Waals surface area contributed by atoms with Crippen molar-refractivity contribution in [3.8, 4) is 5.95 Å². The molecule has 2 heterocycles. The van der Waals surface area contributed by atoms with Gasteiger partial charge in [0.15, 0.2) is 0 Å². The lowest BCUT2D eigenvalue weighted by atomic mass is 9.68. The number of hydrogen-bond donors (Lipinski definition) is 0. The second kappa shape index (κ2) is 8.66. The fourth-order valence-electron chi connectivity index (χ4n) is 10.2. The Bertz CT molecular complexity index is 2240. The van der Waals surface area contributed by atoms with Crippen molar-refractivity contribution in [3.05, 3.63) is 103 Å². The molecule has 3 unspecified atom stereocenters. The zero-order chi connectivity index (χ0) is 28.3. The molecule has 4 aliphatic rings. The van der Waals surface area contributed by atoms with E-state index in [2.05, 4.69) is 109 Å². The molecule has 11 rings (SSSR count). The first-order chi connectivity index (χ1) is 21.1. The summed E-state index contributed by atoms with van der Waals surface area (Å²) in [5.41, 5.74) is 4.88. The van der Waals surface area contributed by atoms with Gasteiger partial charge in [0.25, 0.3) is 0 Å². The molecule has 210 valence electrons. The van der Waals surface area contributed by atoms with Crippen LogP contribution in [0.4, 0.5) is 0 Å². The molecular formula is C40H35N3. The molecule has 0 saturated heterocycles. The number of rotatable bonds is 2. The van der Waals surface area contributed by atoms with Gasteiger partial charge in [0, 0.05) is 27.0 Å². The minimum atomic E-state index is 0.115. The first-order valence-electron chi connectivity index (χ1n) is 16.3. The highest BCUT2D eigenvalue weighted by Gasteiger charge is 2.53. The van der Waals surface area contributed by atoms with Crippen LogP contribution < -0.4 is 0 Å². The second-order valence-electron chi connectivity index (χ2n) is 14.2. The quantitative estimate of drug-likeness (QED) is 0.198. The molecule has 0 aliphatic heterocycles. The standard InChI is InChI=1S/C40H35N3/c1-24-18-25-19-28-22-40(21-24,23-29(28)20-25)38-33-16-14-27-9-3-5-11-31(27)37(33)41-39(42-38)43-34-13-7-6-12-32(34)36-30-10-4-2-8-26(30)15-17-35(36)43/h2-17,24-25,28-29H,18-23H2,1H3/t24-,25?,28-,29?,40?/m0/s1. The minimum Gasteiger partial charge on any atom is -0.278 e. The van der Waals surface area contributed by atoms with E-state index < -0.39 is 0 Å². The van der Waals surface area contributed by atoms with Gasteiger partial charge in [-0.25, -0.2) is 9.97 Å². The summed E-state index contributed by atoms with van der Waals surface area (Å²) in [4.78, 5) is 11.2. The van der Waals surface area contributed by atoms with Crippen LogP contribution in [0.25, 0.3) is 60.2 Å². The molecule has 0 N–H and O–H groups in total. The number of nitrogens with zero attached hydrogens (tertiary/aromatic N) is 3. The number of benzene rings is 5. The molecule has 5 atom stereocenters. The van der Waals surface area contributed by atoms with Gasteiger partial charge in [-0.2, -0.15) is 0 Å². The monoisotopic (exact) mass is 557 g/mol. The Morgan fingerprint density at radius 1 is 0.605 bits per heavy atom. The minimum absolute atomic E-state index is 0.115. The summed E-state index contributed by atoms with van der Waals surface area (Å²) in [7, 11) is 0. The highest BCUT2D eigenvalue weighted by Crippen LogP contribution is 2.61. The van der Waals surface area contributed by atoms with Crippen LogP contribution >= 0.6 is 0 Å². The highest BCUT2D eigenvalue weighted by molar-refractivity contribution is 6.21. The first kappa shape index (κ1) is 24.2. The van der Waals surface area contributed by atoms with E-state index in [0.717, 1.165) is 35.1 Å². The maximum Gasteiger partial charge on any atom is 0.235 e. The molecule has 4 saturated carbocycles. The third kappa shape index (κ3) is 3.37. The van der Waals surface area contributed by atoms with Crippen molar-refractivity contribution in [3.63, 3.8) is 0 Å². The topological polar surface area (TPSA) is 30.7 Å². The van der Waals surface area contributed by atoms with E-state index in [1.807, 2.05) is 0 Å². The summed E-state index contributed by atoms with van der Waals surface area (Å²) < 4.78 is 2.36. The van der Waals surface area contributed by atoms with Gasteiger partial charge in [-0.1, -0.05) is 91.9 Å². The predicted molar refractivity (Wildman–Crippen MR) is 178 cm³/mol. The zero-order valence-corrected chi connectivity index (χ0v) is 24.6. The van der Waals surface area contributed by atoms with E-state index in [1.165, 1.54) is 93.0 Å². The van der Waals surface area contributed by atoms with Crippen molar-refractivity contribution in [2.45, 2.75) is 50.9 Å². The van der Waals surface area contributed by atoms with Crippen LogP contribution in [0.1, 0.15) is 51.1 Å². The molecule has 2 aromatic heterocycles. The van der Waals surface area contributed by atoms with Crippen molar-refractivity contribution < 1.29 is 0 Å². The van der Waals surface area contributed by atoms with Gasteiger partial charge in [-0.15, -0.1) is 0 Å². The van der Waals surface area contributed by atoms with Gasteiger partial charge in [-0.3, -0.25) is 4.57 Å². The Kier molecular flexibility index (Phi) is 4.88. The maximum atomic E-state index is 5.73. The van der Waals surface area contributed by atoms with Gasteiger partial charge in [0.2, 0.25) is 5.95 Å². The third-order valence-electron chi connectivity index (χ3n) is 11.6. The van der Waals surface area contributed by atoms with E-state index >= 15 is 0 Å². The summed E-state index contributed by atoms with van der Waals surface area (Å²) in [6.45, 7) is 2.51. The van der Waals surface area contributed by atoms with Crippen LogP contribution in [0.2, 0.25) is 0 Å². The average Bonchev–Trinajstić information content (AvgIpc) is 3.68. The van der Waals surface area contributed by atoms with Crippen molar-refractivity contribution in [2.24, 2.45) is 23.7 Å². The van der Waals surface area contributed by atoms with Gasteiger partial charge in [0.05, 0.1) is 22.2 Å². The van der Waals surface area contributed by atoms with Crippen LogP contribution in [-0.4, -0.2) is 14.5 Å². The largest absolute Gasteiger partial charge is 0.278 e. The second-order valence-corrected chi connectivity index (χ2v) is 14.2. The van der Waals surface area contributed by atoms with Crippen LogP contribution in [-0.2, 0) is 5.41 Å².